The van der Waals surface area contributed by atoms with E-state index in [1.807, 2.05) is 43.3 Å². The molecule has 8 nitrogen and oxygen atoms in total. The molecule has 0 unspecified atom stereocenters. The lowest BCUT2D eigenvalue weighted by atomic mass is 10.0. The number of fused-ring (bicyclic) bond motifs is 1. The molecule has 156 valence electrons. The number of nitro groups is 1. The number of rotatable bonds is 7. The standard InChI is InChI=1S/C22H19N5O3S/c1-2-21-24-25-22(31)26(21)23-13-19-18-6-4-3-5-16(18)9-12-20(19)30-14-15-7-10-17(11-8-15)27(28)29/h3-13H,2,14H2,1H3,(H,25,31)/b23-13-. The van der Waals surface area contributed by atoms with Crippen LogP contribution in [0.3, 0.4) is 0 Å². The smallest absolute Gasteiger partial charge is 0.269 e. The van der Waals surface area contributed by atoms with Crippen LogP contribution in [-0.4, -0.2) is 26.0 Å². The Bertz CT molecular complexity index is 1330. The summed E-state index contributed by atoms with van der Waals surface area (Å²) < 4.78 is 8.08. The van der Waals surface area contributed by atoms with E-state index in [2.05, 4.69) is 15.3 Å². The molecule has 4 aromatic rings. The van der Waals surface area contributed by atoms with E-state index in [-0.39, 0.29) is 12.3 Å². The first-order valence-corrected chi connectivity index (χ1v) is 10.1. The highest BCUT2D eigenvalue weighted by molar-refractivity contribution is 7.71. The van der Waals surface area contributed by atoms with Gasteiger partial charge >= 0.3 is 0 Å². The summed E-state index contributed by atoms with van der Waals surface area (Å²) in [6.45, 7) is 2.25. The van der Waals surface area contributed by atoms with Gasteiger partial charge in [-0.2, -0.15) is 14.9 Å². The first-order chi connectivity index (χ1) is 15.1. The largest absolute Gasteiger partial charge is 0.488 e. The maximum Gasteiger partial charge on any atom is 0.269 e. The van der Waals surface area contributed by atoms with Crippen molar-refractivity contribution in [2.24, 2.45) is 5.10 Å². The predicted molar refractivity (Wildman–Crippen MR) is 121 cm³/mol. The molecule has 1 aromatic heterocycles. The molecule has 3 aromatic carbocycles. The molecule has 0 aliphatic heterocycles. The maximum atomic E-state index is 10.8. The van der Waals surface area contributed by atoms with E-state index in [1.165, 1.54) is 12.1 Å². The van der Waals surface area contributed by atoms with Gasteiger partial charge in [0.2, 0.25) is 4.77 Å². The number of nitrogens with one attached hydrogen (secondary N) is 1. The summed E-state index contributed by atoms with van der Waals surface area (Å²) in [5.41, 5.74) is 1.68. The van der Waals surface area contributed by atoms with Crippen molar-refractivity contribution in [2.45, 2.75) is 20.0 Å². The normalized spacial score (nSPS) is 11.3. The molecule has 0 saturated carbocycles. The fraction of sp³-hybridized carbons (Fsp3) is 0.136. The van der Waals surface area contributed by atoms with Crippen LogP contribution in [-0.2, 0) is 13.0 Å². The van der Waals surface area contributed by atoms with Crippen LogP contribution in [0.25, 0.3) is 10.8 Å². The van der Waals surface area contributed by atoms with Crippen molar-refractivity contribution >= 4 is 34.9 Å². The Labute approximate surface area is 183 Å². The third kappa shape index (κ3) is 4.36. The Morgan fingerprint density at radius 3 is 2.71 bits per heavy atom. The highest BCUT2D eigenvalue weighted by Gasteiger charge is 2.10. The van der Waals surface area contributed by atoms with Gasteiger partial charge in [0.1, 0.15) is 12.4 Å². The summed E-state index contributed by atoms with van der Waals surface area (Å²) in [7, 11) is 0. The minimum absolute atomic E-state index is 0.0471. The lowest BCUT2D eigenvalue weighted by Crippen LogP contribution is -2.01. The van der Waals surface area contributed by atoms with E-state index in [1.54, 1.807) is 23.0 Å². The van der Waals surface area contributed by atoms with Crippen LogP contribution in [0.2, 0.25) is 0 Å². The molecular weight excluding hydrogens is 414 g/mol. The molecule has 1 heterocycles. The van der Waals surface area contributed by atoms with Crippen LogP contribution < -0.4 is 4.74 Å². The number of H-pyrrole nitrogens is 1. The van der Waals surface area contributed by atoms with Crippen LogP contribution in [0.15, 0.2) is 65.8 Å². The summed E-state index contributed by atoms with van der Waals surface area (Å²) in [6.07, 6.45) is 2.40. The van der Waals surface area contributed by atoms with Crippen LogP contribution in [0.5, 0.6) is 5.75 Å². The summed E-state index contributed by atoms with van der Waals surface area (Å²) in [5.74, 6) is 1.38. The predicted octanol–water partition coefficient (Wildman–Crippen LogP) is 5.03. The van der Waals surface area contributed by atoms with Gasteiger partial charge in [-0.05, 0) is 46.8 Å². The molecule has 0 atom stereocenters. The van der Waals surface area contributed by atoms with Gasteiger partial charge in [-0.15, -0.1) is 0 Å². The fourth-order valence-corrected chi connectivity index (χ4v) is 3.40. The molecule has 1 N–H and O–H groups in total. The van der Waals surface area contributed by atoms with Gasteiger partial charge in [0.15, 0.2) is 5.82 Å². The van der Waals surface area contributed by atoms with Gasteiger partial charge in [0, 0.05) is 24.1 Å². The van der Waals surface area contributed by atoms with E-state index in [9.17, 15) is 10.1 Å². The number of hydrogen-bond acceptors (Lipinski definition) is 6. The summed E-state index contributed by atoms with van der Waals surface area (Å²) in [5, 5.41) is 24.4. The molecule has 0 radical (unpaired) electrons. The highest BCUT2D eigenvalue weighted by atomic mass is 32.1. The minimum atomic E-state index is -0.423. The number of ether oxygens (including phenoxy) is 1. The minimum Gasteiger partial charge on any atom is -0.488 e. The van der Waals surface area contributed by atoms with Crippen LogP contribution in [0.1, 0.15) is 23.9 Å². The first kappa shape index (κ1) is 20.4. The SMILES string of the molecule is CCc1n[nH]c(=S)n1/N=C\c1c(OCc2ccc([N+](=O)[O-])cc2)ccc2ccccc12. The van der Waals surface area contributed by atoms with E-state index >= 15 is 0 Å². The topological polar surface area (TPSA) is 98.3 Å². The molecule has 0 spiro atoms. The summed E-state index contributed by atoms with van der Waals surface area (Å²) in [6, 6.07) is 18.1. The third-order valence-corrected chi connectivity index (χ3v) is 5.07. The lowest BCUT2D eigenvalue weighted by Gasteiger charge is -2.12. The Balaban J connectivity index is 1.68. The van der Waals surface area contributed by atoms with Gasteiger partial charge in [0.05, 0.1) is 11.1 Å². The average Bonchev–Trinajstić information content (AvgIpc) is 3.16. The van der Waals surface area contributed by atoms with Gasteiger partial charge in [-0.1, -0.05) is 37.3 Å². The Morgan fingerprint density at radius 2 is 1.97 bits per heavy atom. The molecule has 4 rings (SSSR count). The zero-order valence-electron chi connectivity index (χ0n) is 16.7. The van der Waals surface area contributed by atoms with Crippen molar-refractivity contribution in [3.63, 3.8) is 0 Å². The Kier molecular flexibility index (Phi) is 5.85. The Hall–Kier alpha value is -3.85. The molecule has 0 aliphatic rings. The zero-order chi connectivity index (χ0) is 21.8. The second-order valence-electron chi connectivity index (χ2n) is 6.77. The number of benzene rings is 3. The maximum absolute atomic E-state index is 10.8. The van der Waals surface area contributed by atoms with E-state index < -0.39 is 4.92 Å². The quantitative estimate of drug-likeness (QED) is 0.191. The number of non-ortho nitro benzene ring substituents is 1. The van der Waals surface area contributed by atoms with E-state index in [0.29, 0.717) is 16.9 Å². The second kappa shape index (κ2) is 8.88. The zero-order valence-corrected chi connectivity index (χ0v) is 17.5. The van der Waals surface area contributed by atoms with E-state index in [4.69, 9.17) is 17.0 Å². The summed E-state index contributed by atoms with van der Waals surface area (Å²) >= 11 is 5.28. The van der Waals surface area contributed by atoms with Crippen molar-refractivity contribution < 1.29 is 9.66 Å². The molecule has 0 bridgehead atoms. The van der Waals surface area contributed by atoms with Crippen molar-refractivity contribution in [2.75, 3.05) is 0 Å². The molecular formula is C22H19N5O3S. The van der Waals surface area contributed by atoms with Crippen molar-refractivity contribution in [1.82, 2.24) is 14.9 Å². The van der Waals surface area contributed by atoms with Crippen molar-refractivity contribution in [3.8, 4) is 5.75 Å². The van der Waals surface area contributed by atoms with E-state index in [0.717, 1.165) is 27.7 Å². The molecule has 9 heteroatoms. The molecule has 31 heavy (non-hydrogen) atoms. The van der Waals surface area contributed by atoms with Gasteiger partial charge in [-0.25, -0.2) is 0 Å². The fourth-order valence-electron chi connectivity index (χ4n) is 3.20. The molecule has 0 aliphatic carbocycles. The first-order valence-electron chi connectivity index (χ1n) is 9.65. The number of hydrogen-bond donors (Lipinski definition) is 1. The van der Waals surface area contributed by atoms with Gasteiger partial charge in [0.25, 0.3) is 5.69 Å². The van der Waals surface area contributed by atoms with Gasteiger partial charge < -0.3 is 4.74 Å². The second-order valence-corrected chi connectivity index (χ2v) is 7.15. The number of aryl methyl sites for hydroxylation is 1. The van der Waals surface area contributed by atoms with Crippen molar-refractivity contribution in [3.05, 3.63) is 92.5 Å². The van der Waals surface area contributed by atoms with Crippen LogP contribution in [0.4, 0.5) is 5.69 Å². The van der Waals surface area contributed by atoms with Crippen LogP contribution >= 0.6 is 12.2 Å². The Morgan fingerprint density at radius 1 is 1.19 bits per heavy atom. The number of aromatic nitrogens is 3. The number of aromatic amines is 1. The number of nitrogens with zero attached hydrogens (tertiary/aromatic N) is 4. The van der Waals surface area contributed by atoms with Gasteiger partial charge in [-0.3, -0.25) is 15.2 Å². The lowest BCUT2D eigenvalue weighted by molar-refractivity contribution is -0.384. The third-order valence-electron chi connectivity index (χ3n) is 4.81. The highest BCUT2D eigenvalue weighted by Crippen LogP contribution is 2.28. The molecule has 0 fully saturated rings. The molecule has 0 saturated heterocycles. The summed E-state index contributed by atoms with van der Waals surface area (Å²) in [4.78, 5) is 10.4. The number of nitro benzene ring substituents is 1. The monoisotopic (exact) mass is 433 g/mol. The molecule has 0 amide bonds. The average molecular weight is 433 g/mol. The van der Waals surface area contributed by atoms with Crippen molar-refractivity contribution in [1.29, 1.82) is 0 Å². The van der Waals surface area contributed by atoms with Crippen LogP contribution in [0, 0.1) is 14.9 Å².